The predicted molar refractivity (Wildman–Crippen MR) is 81.8 cm³/mol. The molecule has 1 atom stereocenters. The molecule has 1 saturated carbocycles. The van der Waals surface area contributed by atoms with E-state index in [1.807, 2.05) is 0 Å². The summed E-state index contributed by atoms with van der Waals surface area (Å²) in [6.45, 7) is 0.298. The van der Waals surface area contributed by atoms with Gasteiger partial charge in [-0.2, -0.15) is 0 Å². The quantitative estimate of drug-likeness (QED) is 0.592. The predicted octanol–water partition coefficient (Wildman–Crippen LogP) is -0.144. The van der Waals surface area contributed by atoms with E-state index in [2.05, 4.69) is 14.9 Å². The van der Waals surface area contributed by atoms with E-state index in [9.17, 15) is 14.4 Å². The van der Waals surface area contributed by atoms with Gasteiger partial charge in [0.1, 0.15) is 6.17 Å². The minimum absolute atomic E-state index is 0.0647. The van der Waals surface area contributed by atoms with Crippen LogP contribution in [0.1, 0.15) is 23.3 Å². The van der Waals surface area contributed by atoms with Crippen molar-refractivity contribution in [3.63, 3.8) is 0 Å². The molecule has 3 aliphatic rings. The van der Waals surface area contributed by atoms with Gasteiger partial charge in [0, 0.05) is 12.3 Å². The molecule has 10 heteroatoms. The number of hydrogen-bond acceptors (Lipinski definition) is 8. The molecule has 2 fully saturated rings. The van der Waals surface area contributed by atoms with Crippen LogP contribution in [0, 0.1) is 0 Å². The molecule has 2 aliphatic heterocycles. The maximum absolute atomic E-state index is 13.0. The first-order chi connectivity index (χ1) is 12.0. The van der Waals surface area contributed by atoms with Crippen LogP contribution >= 0.6 is 0 Å². The highest BCUT2D eigenvalue weighted by molar-refractivity contribution is 5.96. The molecule has 1 unspecified atom stereocenters. The number of carbonyl (C=O) groups is 2. The monoisotopic (exact) mass is 351 g/mol. The lowest BCUT2D eigenvalue weighted by Gasteiger charge is -2.44. The number of rotatable bonds is 3. The van der Waals surface area contributed by atoms with Gasteiger partial charge in [0.15, 0.2) is 5.69 Å². The second kappa shape index (κ2) is 5.66. The van der Waals surface area contributed by atoms with E-state index >= 15 is 0 Å². The van der Waals surface area contributed by atoms with Crippen molar-refractivity contribution in [1.82, 2.24) is 9.58 Å². The van der Waals surface area contributed by atoms with Gasteiger partial charge in [0.25, 0.3) is 5.91 Å². The average molecular weight is 351 g/mol. The third kappa shape index (κ3) is 2.68. The number of hydrogen-bond donors (Lipinski definition) is 1. The summed E-state index contributed by atoms with van der Waals surface area (Å²) in [5.74, 6) is -0.511. The van der Waals surface area contributed by atoms with Crippen molar-refractivity contribution in [3.8, 4) is 5.75 Å². The first-order valence-electron chi connectivity index (χ1n) is 7.84. The number of nitrogens with zero attached hydrogens (tertiary/aromatic N) is 2. The van der Waals surface area contributed by atoms with Crippen molar-refractivity contribution in [3.05, 3.63) is 28.2 Å². The highest BCUT2D eigenvalue weighted by Crippen LogP contribution is 2.43. The van der Waals surface area contributed by atoms with Gasteiger partial charge < -0.3 is 29.3 Å². The fourth-order valence-electron chi connectivity index (χ4n) is 3.03. The van der Waals surface area contributed by atoms with E-state index in [0.29, 0.717) is 13.2 Å². The van der Waals surface area contributed by atoms with Gasteiger partial charge in [-0.15, -0.1) is 0 Å². The molecular formula is C15H17N3O7. The zero-order chi connectivity index (χ0) is 17.6. The number of fused-ring (bicyclic) bond motifs is 2. The molecule has 1 aromatic heterocycles. The molecule has 3 heterocycles. The molecule has 1 aromatic rings. The topological polar surface area (TPSA) is 108 Å². The molecule has 0 aromatic carbocycles. The summed E-state index contributed by atoms with van der Waals surface area (Å²) < 4.78 is 21.5. The molecule has 1 aliphatic carbocycles. The Hall–Kier alpha value is -2.75. The van der Waals surface area contributed by atoms with Crippen LogP contribution in [-0.2, 0) is 14.2 Å². The number of methoxy groups -OCH3 is 1. The van der Waals surface area contributed by atoms with Gasteiger partial charge in [-0.1, -0.05) is 0 Å². The van der Waals surface area contributed by atoms with Crippen molar-refractivity contribution < 1.29 is 28.5 Å². The number of pyridine rings is 1. The van der Waals surface area contributed by atoms with E-state index in [1.165, 1.54) is 16.9 Å². The Balaban J connectivity index is 1.61. The van der Waals surface area contributed by atoms with Crippen LogP contribution in [0.4, 0.5) is 4.79 Å². The Morgan fingerprint density at radius 1 is 1.44 bits per heavy atom. The van der Waals surface area contributed by atoms with Gasteiger partial charge in [-0.05, 0) is 12.8 Å². The maximum Gasteiger partial charge on any atom is 0.510 e. The lowest BCUT2D eigenvalue weighted by atomic mass is 10.1. The molecule has 0 radical (unpaired) electrons. The standard InChI is InChI=1S/C15H17N3O7/c1-22-14(21)24-8-23-12-9(19)2-5-18-11(12)13(20)17-7-15(3-4-15)25-6-10(17)16-18/h2,5,10,16H,3-4,6-8H2,1H3. The number of ether oxygens (including phenoxy) is 4. The van der Waals surface area contributed by atoms with Gasteiger partial charge in [-0.3, -0.25) is 14.3 Å². The number of nitrogens with one attached hydrogen (secondary N) is 1. The van der Waals surface area contributed by atoms with Crippen LogP contribution in [0.25, 0.3) is 0 Å². The minimum Gasteiger partial charge on any atom is -0.451 e. The first kappa shape index (κ1) is 15.8. The highest BCUT2D eigenvalue weighted by atomic mass is 16.8. The Bertz CT molecular complexity index is 786. The summed E-state index contributed by atoms with van der Waals surface area (Å²) in [6.07, 6.45) is 2.04. The zero-order valence-electron chi connectivity index (χ0n) is 13.5. The second-order valence-corrected chi connectivity index (χ2v) is 6.16. The summed E-state index contributed by atoms with van der Waals surface area (Å²) in [7, 11) is 1.15. The number of morpholine rings is 1. The summed E-state index contributed by atoms with van der Waals surface area (Å²) in [5.41, 5.74) is 2.45. The molecule has 134 valence electrons. The molecule has 1 spiro atoms. The zero-order valence-corrected chi connectivity index (χ0v) is 13.5. The van der Waals surface area contributed by atoms with Crippen molar-refractivity contribution in [2.45, 2.75) is 24.6 Å². The lowest BCUT2D eigenvalue weighted by Crippen LogP contribution is -2.62. The van der Waals surface area contributed by atoms with Crippen molar-refractivity contribution >= 4 is 12.1 Å². The van der Waals surface area contributed by atoms with Crippen LogP contribution in [0.15, 0.2) is 17.1 Å². The van der Waals surface area contributed by atoms with Crippen molar-refractivity contribution in [2.24, 2.45) is 0 Å². The SMILES string of the molecule is COC(=O)OCOc1c2n(ccc1=O)NC1COC3(CC3)CN1C2=O. The summed E-state index contributed by atoms with van der Waals surface area (Å²) in [5, 5.41) is 0. The molecule has 1 amide bonds. The van der Waals surface area contributed by atoms with Crippen molar-refractivity contribution in [1.29, 1.82) is 0 Å². The Labute approximate surface area is 142 Å². The van der Waals surface area contributed by atoms with E-state index in [4.69, 9.17) is 9.47 Å². The molecule has 1 saturated heterocycles. The van der Waals surface area contributed by atoms with Crippen LogP contribution in [0.5, 0.6) is 5.75 Å². The Kier molecular flexibility index (Phi) is 3.57. The summed E-state index contributed by atoms with van der Waals surface area (Å²) in [4.78, 5) is 37.7. The van der Waals surface area contributed by atoms with Crippen molar-refractivity contribution in [2.75, 3.05) is 32.5 Å². The smallest absolute Gasteiger partial charge is 0.451 e. The Morgan fingerprint density at radius 3 is 2.96 bits per heavy atom. The molecule has 4 rings (SSSR count). The number of amides is 1. The highest BCUT2D eigenvalue weighted by Gasteiger charge is 2.52. The third-order valence-electron chi connectivity index (χ3n) is 4.54. The van der Waals surface area contributed by atoms with Crippen LogP contribution in [-0.4, -0.2) is 60.5 Å². The molecular weight excluding hydrogens is 334 g/mol. The largest absolute Gasteiger partial charge is 0.510 e. The number of aromatic nitrogens is 1. The molecule has 1 N–H and O–H groups in total. The lowest BCUT2D eigenvalue weighted by molar-refractivity contribution is -0.0666. The fourth-order valence-corrected chi connectivity index (χ4v) is 3.03. The van der Waals surface area contributed by atoms with Crippen LogP contribution in [0.3, 0.4) is 0 Å². The van der Waals surface area contributed by atoms with E-state index in [1.54, 1.807) is 4.90 Å². The average Bonchev–Trinajstić information content (AvgIpc) is 3.36. The van der Waals surface area contributed by atoms with Gasteiger partial charge in [-0.25, -0.2) is 4.79 Å². The maximum atomic E-state index is 13.0. The summed E-state index contributed by atoms with van der Waals surface area (Å²) in [6, 6.07) is 1.26. The van der Waals surface area contributed by atoms with Gasteiger partial charge >= 0.3 is 6.16 Å². The van der Waals surface area contributed by atoms with E-state index < -0.39 is 18.4 Å². The van der Waals surface area contributed by atoms with E-state index in [0.717, 1.165) is 20.0 Å². The molecule has 0 bridgehead atoms. The molecule has 10 nitrogen and oxygen atoms in total. The Morgan fingerprint density at radius 2 is 2.24 bits per heavy atom. The third-order valence-corrected chi connectivity index (χ3v) is 4.54. The summed E-state index contributed by atoms with van der Waals surface area (Å²) >= 11 is 0. The fraction of sp³-hybridized carbons (Fsp3) is 0.533. The van der Waals surface area contributed by atoms with E-state index in [-0.39, 0.29) is 29.1 Å². The second-order valence-electron chi connectivity index (χ2n) is 6.16. The van der Waals surface area contributed by atoms with Gasteiger partial charge in [0.05, 0.1) is 25.9 Å². The minimum atomic E-state index is -0.946. The van der Waals surface area contributed by atoms with Crippen LogP contribution in [0.2, 0.25) is 0 Å². The normalized spacial score (nSPS) is 22.5. The molecule has 25 heavy (non-hydrogen) atoms. The first-order valence-corrected chi connectivity index (χ1v) is 7.84. The number of carbonyl (C=O) groups excluding carboxylic acids is 2. The van der Waals surface area contributed by atoms with Gasteiger partial charge in [0.2, 0.25) is 18.0 Å². The van der Waals surface area contributed by atoms with Crippen LogP contribution < -0.4 is 15.6 Å².